The molecular formula is C14H16FNO2. The normalized spacial score (nSPS) is 12.6. The number of nitrogens with one attached hydrogen (secondary N) is 1. The van der Waals surface area contributed by atoms with Crippen molar-refractivity contribution in [1.82, 2.24) is 5.32 Å². The molecular weight excluding hydrogens is 233 g/mol. The number of rotatable bonds is 5. The fourth-order valence-electron chi connectivity index (χ4n) is 1.84. The van der Waals surface area contributed by atoms with Gasteiger partial charge in [0.25, 0.3) is 0 Å². The van der Waals surface area contributed by atoms with Crippen LogP contribution < -0.4 is 5.32 Å². The molecule has 1 aromatic heterocycles. The highest BCUT2D eigenvalue weighted by Gasteiger charge is 2.10. The lowest BCUT2D eigenvalue weighted by atomic mass is 10.1. The molecule has 0 spiro atoms. The topological polar surface area (TPSA) is 45.4 Å². The lowest BCUT2D eigenvalue weighted by molar-refractivity contribution is 0.461. The quantitative estimate of drug-likeness (QED) is 0.856. The average molecular weight is 249 g/mol. The molecule has 2 rings (SSSR count). The number of hydrogen-bond donors (Lipinski definition) is 2. The maximum atomic E-state index is 13.6. The summed E-state index contributed by atoms with van der Waals surface area (Å²) in [5.74, 6) is 0.452. The first-order valence-electron chi connectivity index (χ1n) is 5.91. The van der Waals surface area contributed by atoms with E-state index in [9.17, 15) is 4.39 Å². The molecule has 0 aliphatic rings. The highest BCUT2D eigenvalue weighted by molar-refractivity contribution is 5.29. The Morgan fingerprint density at radius 2 is 2.22 bits per heavy atom. The second-order valence-corrected chi connectivity index (χ2v) is 4.21. The van der Waals surface area contributed by atoms with Crippen LogP contribution in [0, 0.1) is 5.82 Å². The van der Waals surface area contributed by atoms with Crippen LogP contribution in [0.25, 0.3) is 0 Å². The summed E-state index contributed by atoms with van der Waals surface area (Å²) in [6.45, 7) is 2.59. The number of halogens is 1. The maximum Gasteiger partial charge on any atom is 0.131 e. The van der Waals surface area contributed by atoms with Crippen LogP contribution in [0.5, 0.6) is 5.75 Å². The number of furan rings is 1. The van der Waals surface area contributed by atoms with Crippen molar-refractivity contribution >= 4 is 0 Å². The van der Waals surface area contributed by atoms with Crippen LogP contribution in [0.3, 0.4) is 0 Å². The minimum absolute atomic E-state index is 0.0564. The number of benzene rings is 1. The number of phenols is 1. The van der Waals surface area contributed by atoms with Gasteiger partial charge < -0.3 is 14.8 Å². The van der Waals surface area contributed by atoms with Gasteiger partial charge in [-0.25, -0.2) is 4.39 Å². The van der Waals surface area contributed by atoms with E-state index in [4.69, 9.17) is 9.52 Å². The van der Waals surface area contributed by atoms with Gasteiger partial charge in [0.1, 0.15) is 17.3 Å². The van der Waals surface area contributed by atoms with Crippen molar-refractivity contribution in [3.63, 3.8) is 0 Å². The van der Waals surface area contributed by atoms with E-state index in [1.54, 1.807) is 12.3 Å². The molecule has 0 aliphatic carbocycles. The zero-order chi connectivity index (χ0) is 13.0. The summed E-state index contributed by atoms with van der Waals surface area (Å²) in [6.07, 6.45) is 2.40. The van der Waals surface area contributed by atoms with Gasteiger partial charge in [0.05, 0.1) is 6.26 Å². The van der Waals surface area contributed by atoms with E-state index in [1.165, 1.54) is 6.07 Å². The molecule has 1 aromatic carbocycles. The molecule has 1 atom stereocenters. The molecule has 4 heteroatoms. The van der Waals surface area contributed by atoms with E-state index in [-0.39, 0.29) is 11.8 Å². The summed E-state index contributed by atoms with van der Waals surface area (Å²) in [7, 11) is 0. The van der Waals surface area contributed by atoms with Crippen LogP contribution in [0.2, 0.25) is 0 Å². The minimum atomic E-state index is -0.395. The molecule has 2 N–H and O–H groups in total. The maximum absolute atomic E-state index is 13.6. The standard InChI is InChI=1S/C14H16FNO2/c1-10(13-5-4-11(17)9-14(13)15)16-7-6-12-3-2-8-18-12/h2-5,8-10,16-17H,6-7H2,1H3. The predicted octanol–water partition coefficient (Wildman–Crippen LogP) is 3.02. The number of aromatic hydroxyl groups is 1. The fraction of sp³-hybridized carbons (Fsp3) is 0.286. The van der Waals surface area contributed by atoms with Crippen molar-refractivity contribution < 1.29 is 13.9 Å². The molecule has 1 heterocycles. The predicted molar refractivity (Wildman–Crippen MR) is 66.9 cm³/mol. The van der Waals surface area contributed by atoms with Crippen molar-refractivity contribution in [3.8, 4) is 5.75 Å². The Kier molecular flexibility index (Phi) is 3.99. The smallest absolute Gasteiger partial charge is 0.131 e. The Labute approximate surface area is 105 Å². The lowest BCUT2D eigenvalue weighted by Crippen LogP contribution is -2.22. The van der Waals surface area contributed by atoms with E-state index in [1.807, 2.05) is 19.1 Å². The first-order chi connectivity index (χ1) is 8.66. The summed E-state index contributed by atoms with van der Waals surface area (Å²) in [5.41, 5.74) is 0.548. The summed E-state index contributed by atoms with van der Waals surface area (Å²) in [6, 6.07) is 7.85. The Hall–Kier alpha value is -1.81. The Bertz CT molecular complexity index is 497. The first kappa shape index (κ1) is 12.6. The van der Waals surface area contributed by atoms with Gasteiger partial charge in [-0.05, 0) is 25.1 Å². The Balaban J connectivity index is 1.89. The largest absolute Gasteiger partial charge is 0.508 e. The molecule has 2 aromatic rings. The van der Waals surface area contributed by atoms with Gasteiger partial charge in [0.15, 0.2) is 0 Å². The van der Waals surface area contributed by atoms with Gasteiger partial charge in [-0.15, -0.1) is 0 Å². The molecule has 0 fully saturated rings. The highest BCUT2D eigenvalue weighted by atomic mass is 19.1. The summed E-state index contributed by atoms with van der Waals surface area (Å²) in [4.78, 5) is 0. The number of hydrogen-bond acceptors (Lipinski definition) is 3. The zero-order valence-electron chi connectivity index (χ0n) is 10.2. The molecule has 0 saturated heterocycles. The average Bonchev–Trinajstić information content (AvgIpc) is 2.81. The Morgan fingerprint density at radius 3 is 2.89 bits per heavy atom. The summed E-state index contributed by atoms with van der Waals surface area (Å²) >= 11 is 0. The van der Waals surface area contributed by atoms with Gasteiger partial charge in [-0.1, -0.05) is 6.07 Å². The van der Waals surface area contributed by atoms with E-state index in [0.29, 0.717) is 12.1 Å². The van der Waals surface area contributed by atoms with Crippen LogP contribution in [0.15, 0.2) is 41.0 Å². The van der Waals surface area contributed by atoms with Gasteiger partial charge >= 0.3 is 0 Å². The van der Waals surface area contributed by atoms with Crippen molar-refractivity contribution in [2.75, 3.05) is 6.54 Å². The van der Waals surface area contributed by atoms with E-state index < -0.39 is 5.82 Å². The van der Waals surface area contributed by atoms with Crippen LogP contribution in [-0.4, -0.2) is 11.7 Å². The minimum Gasteiger partial charge on any atom is -0.508 e. The molecule has 0 bridgehead atoms. The van der Waals surface area contributed by atoms with Gasteiger partial charge in [-0.3, -0.25) is 0 Å². The van der Waals surface area contributed by atoms with Crippen LogP contribution in [0.1, 0.15) is 24.3 Å². The van der Waals surface area contributed by atoms with Crippen LogP contribution in [0.4, 0.5) is 4.39 Å². The zero-order valence-corrected chi connectivity index (χ0v) is 10.2. The third-order valence-corrected chi connectivity index (χ3v) is 2.85. The fourth-order valence-corrected chi connectivity index (χ4v) is 1.84. The first-order valence-corrected chi connectivity index (χ1v) is 5.91. The lowest BCUT2D eigenvalue weighted by Gasteiger charge is -2.14. The second-order valence-electron chi connectivity index (χ2n) is 4.21. The third-order valence-electron chi connectivity index (χ3n) is 2.85. The van der Waals surface area contributed by atoms with E-state index in [0.717, 1.165) is 18.2 Å². The van der Waals surface area contributed by atoms with Crippen molar-refractivity contribution in [2.45, 2.75) is 19.4 Å². The SMILES string of the molecule is CC(NCCc1ccco1)c1ccc(O)cc1F. The van der Waals surface area contributed by atoms with E-state index >= 15 is 0 Å². The highest BCUT2D eigenvalue weighted by Crippen LogP contribution is 2.20. The molecule has 18 heavy (non-hydrogen) atoms. The van der Waals surface area contributed by atoms with Gasteiger partial charge in [0, 0.05) is 30.6 Å². The van der Waals surface area contributed by atoms with Crippen molar-refractivity contribution in [3.05, 3.63) is 53.7 Å². The Morgan fingerprint density at radius 1 is 1.39 bits per heavy atom. The molecule has 96 valence electrons. The third kappa shape index (κ3) is 3.11. The summed E-state index contributed by atoms with van der Waals surface area (Å²) < 4.78 is 18.8. The van der Waals surface area contributed by atoms with Crippen molar-refractivity contribution in [1.29, 1.82) is 0 Å². The molecule has 0 saturated carbocycles. The number of phenolic OH excluding ortho intramolecular Hbond substituents is 1. The van der Waals surface area contributed by atoms with Gasteiger partial charge in [-0.2, -0.15) is 0 Å². The molecule has 0 aliphatic heterocycles. The van der Waals surface area contributed by atoms with Crippen LogP contribution in [-0.2, 0) is 6.42 Å². The molecule has 1 unspecified atom stereocenters. The van der Waals surface area contributed by atoms with E-state index in [2.05, 4.69) is 5.32 Å². The molecule has 3 nitrogen and oxygen atoms in total. The summed E-state index contributed by atoms with van der Waals surface area (Å²) in [5, 5.41) is 12.4. The monoisotopic (exact) mass is 249 g/mol. The second kappa shape index (κ2) is 5.69. The molecule has 0 radical (unpaired) electrons. The van der Waals surface area contributed by atoms with Gasteiger partial charge in [0.2, 0.25) is 0 Å². The molecule has 0 amide bonds. The van der Waals surface area contributed by atoms with Crippen LogP contribution >= 0.6 is 0 Å². The van der Waals surface area contributed by atoms with Crippen molar-refractivity contribution in [2.24, 2.45) is 0 Å².